The molecule has 25 heavy (non-hydrogen) atoms. The fourth-order valence-corrected chi connectivity index (χ4v) is 5.13. The number of piperidine rings is 1. The number of benzene rings is 1. The molecule has 3 saturated heterocycles. The standard InChI is InChI=1S/C20H24N4S/c1-3-19-12-23(11-18-13-25-14-22-18)8-16(1)10-24(19)9-15-2-4-20-17(7-15)5-6-21-20/h2,4-7,13-14,16,19,21H,1,3,8-12H2/t16-,19+/m1/s1. The number of thiazole rings is 1. The van der Waals surface area contributed by atoms with Crippen molar-refractivity contribution >= 4 is 22.2 Å². The minimum Gasteiger partial charge on any atom is -0.361 e. The third-order valence-corrected chi connectivity index (χ3v) is 6.41. The first-order chi connectivity index (χ1) is 12.3. The highest BCUT2D eigenvalue weighted by Gasteiger charge is 2.34. The molecule has 0 amide bonds. The Kier molecular flexibility index (Phi) is 4.08. The van der Waals surface area contributed by atoms with Gasteiger partial charge in [0, 0.05) is 55.9 Å². The molecule has 4 nitrogen and oxygen atoms in total. The highest BCUT2D eigenvalue weighted by Crippen LogP contribution is 2.30. The van der Waals surface area contributed by atoms with Crippen LogP contribution in [0.15, 0.2) is 41.4 Å². The number of nitrogens with zero attached hydrogens (tertiary/aromatic N) is 3. The van der Waals surface area contributed by atoms with Crippen molar-refractivity contribution in [3.63, 3.8) is 0 Å². The SMILES string of the molecule is c1cc2cc(CN3C[C@@H]4CC[C@H]3CN(Cc3cscn3)C4)ccc2[nH]1. The molecule has 5 heterocycles. The van der Waals surface area contributed by atoms with Gasteiger partial charge in [0.2, 0.25) is 0 Å². The minimum atomic E-state index is 0.680. The zero-order valence-corrected chi connectivity index (χ0v) is 15.2. The van der Waals surface area contributed by atoms with E-state index in [4.69, 9.17) is 0 Å². The maximum absolute atomic E-state index is 4.48. The molecular weight excluding hydrogens is 328 g/mol. The first-order valence-corrected chi connectivity index (χ1v) is 10.2. The lowest BCUT2D eigenvalue weighted by atomic mass is 9.94. The van der Waals surface area contributed by atoms with Crippen LogP contribution in [0.2, 0.25) is 0 Å². The Morgan fingerprint density at radius 1 is 1.12 bits per heavy atom. The van der Waals surface area contributed by atoms with E-state index in [2.05, 4.69) is 49.4 Å². The van der Waals surface area contributed by atoms with Gasteiger partial charge >= 0.3 is 0 Å². The van der Waals surface area contributed by atoms with Gasteiger partial charge in [-0.05, 0) is 47.9 Å². The summed E-state index contributed by atoms with van der Waals surface area (Å²) in [6, 6.07) is 9.69. The van der Waals surface area contributed by atoms with Crippen molar-refractivity contribution in [2.75, 3.05) is 19.6 Å². The molecule has 3 aliphatic rings. The van der Waals surface area contributed by atoms with E-state index in [9.17, 15) is 0 Å². The molecule has 2 atom stereocenters. The second-order valence-corrected chi connectivity index (χ2v) is 8.32. The summed E-state index contributed by atoms with van der Waals surface area (Å²) in [5.74, 6) is 0.799. The van der Waals surface area contributed by atoms with Gasteiger partial charge in [-0.15, -0.1) is 11.3 Å². The lowest BCUT2D eigenvalue weighted by Crippen LogP contribution is -2.43. The molecule has 1 aromatic carbocycles. The molecule has 3 fully saturated rings. The van der Waals surface area contributed by atoms with E-state index in [1.54, 1.807) is 11.3 Å². The lowest BCUT2D eigenvalue weighted by molar-refractivity contribution is 0.123. The molecule has 3 aromatic rings. The predicted molar refractivity (Wildman–Crippen MR) is 103 cm³/mol. The third kappa shape index (κ3) is 3.24. The van der Waals surface area contributed by atoms with Gasteiger partial charge in [0.25, 0.3) is 0 Å². The van der Waals surface area contributed by atoms with E-state index < -0.39 is 0 Å². The molecule has 3 aliphatic heterocycles. The maximum Gasteiger partial charge on any atom is 0.0795 e. The first kappa shape index (κ1) is 15.6. The van der Waals surface area contributed by atoms with E-state index in [-0.39, 0.29) is 0 Å². The summed E-state index contributed by atoms with van der Waals surface area (Å²) in [4.78, 5) is 13.1. The molecule has 6 rings (SSSR count). The van der Waals surface area contributed by atoms with Crippen LogP contribution in [-0.4, -0.2) is 45.4 Å². The fraction of sp³-hybridized carbons (Fsp3) is 0.450. The van der Waals surface area contributed by atoms with Gasteiger partial charge in [-0.25, -0.2) is 4.98 Å². The number of hydrogen-bond acceptors (Lipinski definition) is 4. The van der Waals surface area contributed by atoms with Crippen LogP contribution < -0.4 is 0 Å². The summed E-state index contributed by atoms with van der Waals surface area (Å²) in [6.45, 7) is 5.73. The van der Waals surface area contributed by atoms with Crippen LogP contribution in [-0.2, 0) is 13.1 Å². The second kappa shape index (κ2) is 6.56. The molecular formula is C20H24N4S. The third-order valence-electron chi connectivity index (χ3n) is 5.78. The van der Waals surface area contributed by atoms with E-state index in [1.165, 1.54) is 54.6 Å². The summed E-state index contributed by atoms with van der Waals surface area (Å²) in [5, 5.41) is 3.51. The molecule has 0 spiro atoms. The topological polar surface area (TPSA) is 35.2 Å². The molecule has 1 N–H and O–H groups in total. The number of aromatic amines is 1. The average molecular weight is 353 g/mol. The van der Waals surface area contributed by atoms with Crippen molar-refractivity contribution in [2.45, 2.75) is 32.0 Å². The van der Waals surface area contributed by atoms with Gasteiger partial charge in [-0.3, -0.25) is 9.80 Å². The van der Waals surface area contributed by atoms with Crippen molar-refractivity contribution < 1.29 is 0 Å². The zero-order chi connectivity index (χ0) is 16.6. The largest absolute Gasteiger partial charge is 0.361 e. The summed E-state index contributed by atoms with van der Waals surface area (Å²) in [6.07, 6.45) is 4.74. The van der Waals surface area contributed by atoms with Crippen LogP contribution in [0.4, 0.5) is 0 Å². The summed E-state index contributed by atoms with van der Waals surface area (Å²) >= 11 is 1.70. The van der Waals surface area contributed by atoms with Gasteiger partial charge in [0.05, 0.1) is 11.2 Å². The Morgan fingerprint density at radius 3 is 3.04 bits per heavy atom. The van der Waals surface area contributed by atoms with Gasteiger partial charge in [-0.2, -0.15) is 0 Å². The molecule has 0 saturated carbocycles. The first-order valence-electron chi connectivity index (χ1n) is 9.23. The van der Waals surface area contributed by atoms with E-state index >= 15 is 0 Å². The Balaban J connectivity index is 1.31. The Labute approximate surface area is 152 Å². The van der Waals surface area contributed by atoms with Crippen molar-refractivity contribution in [2.24, 2.45) is 5.92 Å². The summed E-state index contributed by atoms with van der Waals surface area (Å²) in [7, 11) is 0. The molecule has 130 valence electrons. The van der Waals surface area contributed by atoms with Gasteiger partial charge < -0.3 is 4.98 Å². The monoisotopic (exact) mass is 352 g/mol. The Bertz CT molecular complexity index is 840. The van der Waals surface area contributed by atoms with Crippen molar-refractivity contribution in [1.29, 1.82) is 0 Å². The van der Waals surface area contributed by atoms with Gasteiger partial charge in [-0.1, -0.05) is 6.07 Å². The highest BCUT2D eigenvalue weighted by atomic mass is 32.1. The predicted octanol–water partition coefficient (Wildman–Crippen LogP) is 3.72. The average Bonchev–Trinajstić information content (AvgIpc) is 3.21. The molecule has 2 bridgehead atoms. The van der Waals surface area contributed by atoms with E-state index in [0.29, 0.717) is 6.04 Å². The Morgan fingerprint density at radius 2 is 2.12 bits per heavy atom. The smallest absolute Gasteiger partial charge is 0.0795 e. The van der Waals surface area contributed by atoms with Crippen LogP contribution in [0.25, 0.3) is 10.9 Å². The highest BCUT2D eigenvalue weighted by molar-refractivity contribution is 7.07. The van der Waals surface area contributed by atoms with Gasteiger partial charge in [0.15, 0.2) is 0 Å². The molecule has 2 aromatic heterocycles. The van der Waals surface area contributed by atoms with Crippen molar-refractivity contribution in [3.05, 3.63) is 52.6 Å². The molecule has 5 heteroatoms. The summed E-state index contributed by atoms with van der Waals surface area (Å²) in [5.41, 5.74) is 5.85. The number of nitrogens with one attached hydrogen (secondary N) is 1. The Hall–Kier alpha value is -1.69. The number of aromatic nitrogens is 2. The van der Waals surface area contributed by atoms with E-state index in [0.717, 1.165) is 19.0 Å². The van der Waals surface area contributed by atoms with Crippen LogP contribution >= 0.6 is 11.3 Å². The van der Waals surface area contributed by atoms with Crippen LogP contribution in [0.1, 0.15) is 24.1 Å². The molecule has 0 radical (unpaired) electrons. The van der Waals surface area contributed by atoms with Crippen molar-refractivity contribution in [3.8, 4) is 0 Å². The van der Waals surface area contributed by atoms with Gasteiger partial charge in [0.1, 0.15) is 0 Å². The number of hydrogen-bond donors (Lipinski definition) is 1. The number of H-pyrrole nitrogens is 1. The zero-order valence-electron chi connectivity index (χ0n) is 14.4. The molecule has 0 aliphatic carbocycles. The summed E-state index contributed by atoms with van der Waals surface area (Å²) < 4.78 is 0. The van der Waals surface area contributed by atoms with E-state index in [1.807, 2.05) is 11.7 Å². The van der Waals surface area contributed by atoms with Crippen molar-refractivity contribution in [1.82, 2.24) is 19.8 Å². The quantitative estimate of drug-likeness (QED) is 0.777. The van der Waals surface area contributed by atoms with Crippen LogP contribution in [0.5, 0.6) is 0 Å². The maximum atomic E-state index is 4.48. The van der Waals surface area contributed by atoms with Crippen LogP contribution in [0.3, 0.4) is 0 Å². The minimum absolute atomic E-state index is 0.680. The molecule has 0 unspecified atom stereocenters. The number of fused-ring (bicyclic) bond motifs is 5. The number of rotatable bonds is 4. The lowest BCUT2D eigenvalue weighted by Gasteiger charge is -2.36. The fourth-order valence-electron chi connectivity index (χ4n) is 4.58. The normalized spacial score (nSPS) is 24.8. The van der Waals surface area contributed by atoms with Crippen LogP contribution in [0, 0.1) is 5.92 Å². The second-order valence-electron chi connectivity index (χ2n) is 7.60.